The Kier molecular flexibility index (Phi) is 4.87. The van der Waals surface area contributed by atoms with Crippen molar-refractivity contribution in [1.29, 1.82) is 0 Å². The summed E-state index contributed by atoms with van der Waals surface area (Å²) in [6.45, 7) is 5.86. The predicted octanol–water partition coefficient (Wildman–Crippen LogP) is 3.05. The minimum absolute atomic E-state index is 0.149. The average molecular weight is 270 g/mol. The van der Waals surface area contributed by atoms with Gasteiger partial charge in [0.15, 0.2) is 0 Å². The van der Waals surface area contributed by atoms with E-state index in [9.17, 15) is 5.11 Å². The van der Waals surface area contributed by atoms with Gasteiger partial charge in [-0.05, 0) is 37.5 Å². The first-order chi connectivity index (χ1) is 8.69. The number of phenolic OH excluding ortho intramolecular Hbond substituents is 1. The van der Waals surface area contributed by atoms with Gasteiger partial charge >= 0.3 is 0 Å². The molecule has 1 N–H and O–H groups in total. The number of benzene rings is 1. The molecular weight excluding hydrogens is 250 g/mol. The van der Waals surface area contributed by atoms with E-state index < -0.39 is 0 Å². The van der Waals surface area contributed by atoms with Crippen LogP contribution in [-0.4, -0.2) is 35.8 Å². The van der Waals surface area contributed by atoms with Crippen molar-refractivity contribution in [1.82, 2.24) is 4.90 Å². The maximum Gasteiger partial charge on any atom is 0.134 e. The lowest BCUT2D eigenvalue weighted by molar-refractivity contribution is 0.0125. The van der Waals surface area contributed by atoms with Crippen molar-refractivity contribution in [3.8, 4) is 5.75 Å². The van der Waals surface area contributed by atoms with Gasteiger partial charge in [0.2, 0.25) is 0 Å². The Hall–Kier alpha value is -0.770. The second-order valence-corrected chi connectivity index (χ2v) is 5.12. The number of nitrogens with zero attached hydrogens (tertiary/aromatic N) is 1. The van der Waals surface area contributed by atoms with Crippen LogP contribution in [0.4, 0.5) is 0 Å². The van der Waals surface area contributed by atoms with Crippen LogP contribution < -0.4 is 0 Å². The van der Waals surface area contributed by atoms with Crippen molar-refractivity contribution >= 4 is 11.6 Å². The van der Waals surface area contributed by atoms with Gasteiger partial charge in [-0.25, -0.2) is 0 Å². The highest BCUT2D eigenvalue weighted by molar-refractivity contribution is 6.32. The molecule has 100 valence electrons. The molecule has 1 heterocycles. The summed E-state index contributed by atoms with van der Waals surface area (Å²) in [5, 5.41) is 9.81. The molecule has 0 atom stereocenters. The molecule has 0 amide bonds. The van der Waals surface area contributed by atoms with Gasteiger partial charge < -0.3 is 9.84 Å². The van der Waals surface area contributed by atoms with Gasteiger partial charge in [-0.15, -0.1) is 0 Å². The predicted molar refractivity (Wildman–Crippen MR) is 73.0 cm³/mol. The molecule has 1 aliphatic rings. The number of phenols is 1. The number of likely N-dealkylation sites (tertiary alicyclic amines) is 1. The summed E-state index contributed by atoms with van der Waals surface area (Å²) in [5.74, 6) is 0.149. The van der Waals surface area contributed by atoms with E-state index >= 15 is 0 Å². The Morgan fingerprint density at radius 2 is 2.11 bits per heavy atom. The Labute approximate surface area is 113 Å². The zero-order valence-electron chi connectivity index (χ0n) is 10.7. The quantitative estimate of drug-likeness (QED) is 0.912. The van der Waals surface area contributed by atoms with Crippen LogP contribution in [0.3, 0.4) is 0 Å². The van der Waals surface area contributed by atoms with Crippen LogP contribution in [0.2, 0.25) is 5.02 Å². The van der Waals surface area contributed by atoms with Crippen LogP contribution in [0, 0.1) is 0 Å². The summed E-state index contributed by atoms with van der Waals surface area (Å²) >= 11 is 5.91. The summed E-state index contributed by atoms with van der Waals surface area (Å²) in [5.41, 5.74) is 1.15. The van der Waals surface area contributed by atoms with E-state index in [1.165, 1.54) is 0 Å². The SMILES string of the molecule is CCOC1CCN(Cc2ccc(O)c(Cl)c2)CC1. The molecule has 1 aromatic rings. The van der Waals surface area contributed by atoms with E-state index in [0.717, 1.165) is 44.6 Å². The number of ether oxygens (including phenoxy) is 1. The highest BCUT2D eigenvalue weighted by Gasteiger charge is 2.19. The molecule has 1 aromatic carbocycles. The maximum absolute atomic E-state index is 9.38. The number of hydrogen-bond acceptors (Lipinski definition) is 3. The van der Waals surface area contributed by atoms with Crippen LogP contribution in [0.1, 0.15) is 25.3 Å². The fourth-order valence-corrected chi connectivity index (χ4v) is 2.58. The van der Waals surface area contributed by atoms with Gasteiger partial charge in [0.25, 0.3) is 0 Å². The number of piperidine rings is 1. The van der Waals surface area contributed by atoms with E-state index in [1.54, 1.807) is 6.07 Å². The molecule has 1 fully saturated rings. The summed E-state index contributed by atoms with van der Waals surface area (Å²) in [6, 6.07) is 5.42. The van der Waals surface area contributed by atoms with Crippen molar-refractivity contribution in [2.24, 2.45) is 0 Å². The van der Waals surface area contributed by atoms with Crippen molar-refractivity contribution in [3.63, 3.8) is 0 Å². The molecule has 4 heteroatoms. The second kappa shape index (κ2) is 6.41. The van der Waals surface area contributed by atoms with Crippen molar-refractivity contribution in [2.75, 3.05) is 19.7 Å². The zero-order valence-corrected chi connectivity index (χ0v) is 11.5. The molecule has 2 rings (SSSR count). The molecule has 0 radical (unpaired) electrons. The van der Waals surface area contributed by atoms with Crippen molar-refractivity contribution < 1.29 is 9.84 Å². The normalized spacial score (nSPS) is 18.1. The summed E-state index contributed by atoms with van der Waals surface area (Å²) in [7, 11) is 0. The van der Waals surface area contributed by atoms with Gasteiger partial charge in [0.05, 0.1) is 11.1 Å². The molecule has 0 spiro atoms. The minimum Gasteiger partial charge on any atom is -0.506 e. The van der Waals surface area contributed by atoms with E-state index in [0.29, 0.717) is 11.1 Å². The molecule has 3 nitrogen and oxygen atoms in total. The summed E-state index contributed by atoms with van der Waals surface area (Å²) < 4.78 is 5.64. The van der Waals surface area contributed by atoms with E-state index in [4.69, 9.17) is 16.3 Å². The first kappa shape index (κ1) is 13.7. The Morgan fingerprint density at radius 1 is 1.39 bits per heavy atom. The second-order valence-electron chi connectivity index (χ2n) is 4.72. The van der Waals surface area contributed by atoms with Gasteiger partial charge in [0, 0.05) is 26.2 Å². The fourth-order valence-electron chi connectivity index (χ4n) is 2.38. The van der Waals surface area contributed by atoms with Crippen molar-refractivity contribution in [3.05, 3.63) is 28.8 Å². The largest absolute Gasteiger partial charge is 0.506 e. The minimum atomic E-state index is 0.149. The Bertz CT molecular complexity index is 389. The van der Waals surface area contributed by atoms with Crippen LogP contribution >= 0.6 is 11.6 Å². The van der Waals surface area contributed by atoms with Crippen molar-refractivity contribution in [2.45, 2.75) is 32.4 Å². The van der Waals surface area contributed by atoms with Gasteiger partial charge in [-0.1, -0.05) is 17.7 Å². The Morgan fingerprint density at radius 3 is 2.72 bits per heavy atom. The van der Waals surface area contributed by atoms with E-state index in [-0.39, 0.29) is 5.75 Å². The van der Waals surface area contributed by atoms with Crippen LogP contribution in [0.15, 0.2) is 18.2 Å². The molecule has 0 aliphatic carbocycles. The smallest absolute Gasteiger partial charge is 0.134 e. The third kappa shape index (κ3) is 3.61. The lowest BCUT2D eigenvalue weighted by Gasteiger charge is -2.31. The lowest BCUT2D eigenvalue weighted by Crippen LogP contribution is -2.36. The van der Waals surface area contributed by atoms with Crippen LogP contribution in [0.5, 0.6) is 5.75 Å². The van der Waals surface area contributed by atoms with Gasteiger partial charge in [0.1, 0.15) is 5.75 Å². The maximum atomic E-state index is 9.38. The Balaban J connectivity index is 1.85. The topological polar surface area (TPSA) is 32.7 Å². The van der Waals surface area contributed by atoms with Gasteiger partial charge in [-0.2, -0.15) is 0 Å². The molecular formula is C14H20ClNO2. The van der Waals surface area contributed by atoms with Crippen LogP contribution in [-0.2, 0) is 11.3 Å². The highest BCUT2D eigenvalue weighted by Crippen LogP contribution is 2.25. The molecule has 0 bridgehead atoms. The third-order valence-electron chi connectivity index (χ3n) is 3.36. The van der Waals surface area contributed by atoms with Gasteiger partial charge in [-0.3, -0.25) is 4.90 Å². The molecule has 18 heavy (non-hydrogen) atoms. The lowest BCUT2D eigenvalue weighted by atomic mass is 10.1. The zero-order chi connectivity index (χ0) is 13.0. The summed E-state index contributed by atoms with van der Waals surface area (Å²) in [4.78, 5) is 2.40. The summed E-state index contributed by atoms with van der Waals surface area (Å²) in [6.07, 6.45) is 2.62. The van der Waals surface area contributed by atoms with E-state index in [2.05, 4.69) is 4.90 Å². The monoisotopic (exact) mass is 269 g/mol. The first-order valence-electron chi connectivity index (χ1n) is 6.50. The number of halogens is 1. The number of hydrogen-bond donors (Lipinski definition) is 1. The fraction of sp³-hybridized carbons (Fsp3) is 0.571. The average Bonchev–Trinajstić information content (AvgIpc) is 2.37. The molecule has 1 aliphatic heterocycles. The molecule has 0 unspecified atom stereocenters. The molecule has 1 saturated heterocycles. The standard InChI is InChI=1S/C14H20ClNO2/c1-2-18-12-5-7-16(8-6-12)10-11-3-4-14(17)13(15)9-11/h3-4,9,12,17H,2,5-8,10H2,1H3. The molecule has 0 saturated carbocycles. The number of aromatic hydroxyl groups is 1. The van der Waals surface area contributed by atoms with Crippen LogP contribution in [0.25, 0.3) is 0 Å². The molecule has 0 aromatic heterocycles. The van der Waals surface area contributed by atoms with E-state index in [1.807, 2.05) is 19.1 Å². The third-order valence-corrected chi connectivity index (χ3v) is 3.66. The highest BCUT2D eigenvalue weighted by atomic mass is 35.5. The number of rotatable bonds is 4. The first-order valence-corrected chi connectivity index (χ1v) is 6.88.